The minimum Gasteiger partial charge on any atom is -0.489 e. The molecule has 1 aliphatic heterocycles. The van der Waals surface area contributed by atoms with E-state index in [2.05, 4.69) is 44.4 Å². The molecule has 1 aliphatic rings. The third-order valence-electron chi connectivity index (χ3n) is 4.12. The number of rotatable bonds is 3. The quantitative estimate of drug-likeness (QED) is 0.770. The van der Waals surface area contributed by atoms with Gasteiger partial charge >= 0.3 is 0 Å². The van der Waals surface area contributed by atoms with Crippen molar-refractivity contribution in [3.05, 3.63) is 59.7 Å². The topological polar surface area (TPSA) is 9.23 Å². The normalized spacial score (nSPS) is 16.5. The zero-order valence-corrected chi connectivity index (χ0v) is 12.3. The van der Waals surface area contributed by atoms with Gasteiger partial charge in [-0.2, -0.15) is 0 Å². The summed E-state index contributed by atoms with van der Waals surface area (Å²) in [5.74, 6) is 0.973. The van der Waals surface area contributed by atoms with Crippen molar-refractivity contribution in [2.45, 2.75) is 19.4 Å². The van der Waals surface area contributed by atoms with Gasteiger partial charge in [-0.05, 0) is 24.1 Å². The Morgan fingerprint density at radius 3 is 2.65 bits per heavy atom. The molecule has 0 aliphatic carbocycles. The number of nitrogens with zero attached hydrogens (tertiary/aromatic N) is 1. The van der Waals surface area contributed by atoms with Gasteiger partial charge in [0.2, 0.25) is 0 Å². The van der Waals surface area contributed by atoms with Crippen molar-refractivity contribution in [2.75, 3.05) is 20.6 Å². The van der Waals surface area contributed by atoms with Gasteiger partial charge in [0.15, 0.2) is 0 Å². The molecule has 2 aromatic rings. The molecule has 2 heteroatoms. The molecule has 2 aromatic carbocycles. The van der Waals surface area contributed by atoms with E-state index in [-0.39, 0.29) is 0 Å². The summed E-state index contributed by atoms with van der Waals surface area (Å²) in [5, 5.41) is 0. The monoisotopic (exact) mass is 268 g/mol. The second-order valence-electron chi connectivity index (χ2n) is 6.08. The maximum Gasteiger partial charge on any atom is 0.139 e. The minimum absolute atomic E-state index is 0.632. The summed E-state index contributed by atoms with van der Waals surface area (Å²) in [5.41, 5.74) is 4.08. The highest BCUT2D eigenvalue weighted by Crippen LogP contribution is 2.33. The molecule has 0 unspecified atom stereocenters. The van der Waals surface area contributed by atoms with Crippen LogP contribution in [0.1, 0.15) is 17.5 Å². The Morgan fingerprint density at radius 1 is 1.05 bits per heavy atom. The van der Waals surface area contributed by atoms with Gasteiger partial charge in [-0.25, -0.2) is 0 Å². The van der Waals surface area contributed by atoms with Crippen LogP contribution in [-0.2, 0) is 13.0 Å². The number of hydrogen-bond donors (Lipinski definition) is 0. The molecule has 0 saturated heterocycles. The fourth-order valence-corrected chi connectivity index (χ4v) is 2.93. The second-order valence-corrected chi connectivity index (χ2v) is 6.08. The first-order valence-corrected chi connectivity index (χ1v) is 7.28. The van der Waals surface area contributed by atoms with Crippen molar-refractivity contribution < 1.29 is 4.74 Å². The Hall–Kier alpha value is -1.80. The largest absolute Gasteiger partial charge is 0.489 e. The van der Waals surface area contributed by atoms with Crippen molar-refractivity contribution in [2.24, 2.45) is 0 Å². The number of ether oxygens (including phenoxy) is 1. The lowest BCUT2D eigenvalue weighted by Crippen LogP contribution is -2.44. The SMILES string of the molecule is C[N+]1(C)CCCc2ccc(OCc3ccccc3)cc21. The fraction of sp³-hybridized carbons (Fsp3) is 0.333. The summed E-state index contributed by atoms with van der Waals surface area (Å²) < 4.78 is 6.90. The van der Waals surface area contributed by atoms with Crippen LogP contribution in [0.5, 0.6) is 5.75 Å². The molecule has 0 fully saturated rings. The summed E-state index contributed by atoms with van der Waals surface area (Å²) in [4.78, 5) is 0. The van der Waals surface area contributed by atoms with E-state index in [1.54, 1.807) is 0 Å². The van der Waals surface area contributed by atoms with Crippen LogP contribution < -0.4 is 9.22 Å². The smallest absolute Gasteiger partial charge is 0.139 e. The predicted octanol–water partition coefficient (Wildman–Crippen LogP) is 3.78. The third-order valence-corrected chi connectivity index (χ3v) is 4.12. The van der Waals surface area contributed by atoms with E-state index < -0.39 is 0 Å². The Kier molecular flexibility index (Phi) is 3.49. The van der Waals surface area contributed by atoms with E-state index >= 15 is 0 Å². The highest BCUT2D eigenvalue weighted by molar-refractivity contribution is 5.55. The lowest BCUT2D eigenvalue weighted by atomic mass is 10.00. The van der Waals surface area contributed by atoms with Crippen LogP contribution in [0.25, 0.3) is 0 Å². The minimum atomic E-state index is 0.632. The van der Waals surface area contributed by atoms with Gasteiger partial charge in [0, 0.05) is 18.1 Å². The van der Waals surface area contributed by atoms with Gasteiger partial charge in [-0.3, -0.25) is 4.48 Å². The van der Waals surface area contributed by atoms with Crippen molar-refractivity contribution in [1.29, 1.82) is 0 Å². The summed E-state index contributed by atoms with van der Waals surface area (Å²) in [6.45, 7) is 1.84. The van der Waals surface area contributed by atoms with Gasteiger partial charge < -0.3 is 4.74 Å². The molecule has 3 rings (SSSR count). The van der Waals surface area contributed by atoms with E-state index in [0.717, 1.165) is 10.2 Å². The van der Waals surface area contributed by atoms with Gasteiger partial charge in [0.1, 0.15) is 18.0 Å². The van der Waals surface area contributed by atoms with Gasteiger partial charge in [-0.1, -0.05) is 30.3 Å². The number of benzene rings is 2. The van der Waals surface area contributed by atoms with Gasteiger partial charge in [0.05, 0.1) is 20.6 Å². The standard InChI is InChI=1S/C18H22NO/c1-19(2)12-6-9-16-10-11-17(13-18(16)19)20-14-15-7-4-3-5-8-15/h3-5,7-8,10-11,13H,6,9,12,14H2,1-2H3/q+1. The van der Waals surface area contributed by atoms with Crippen LogP contribution >= 0.6 is 0 Å². The number of quaternary nitrogens is 1. The van der Waals surface area contributed by atoms with Crippen LogP contribution in [0, 0.1) is 0 Å². The fourth-order valence-electron chi connectivity index (χ4n) is 2.93. The van der Waals surface area contributed by atoms with Crippen LogP contribution in [0.15, 0.2) is 48.5 Å². The van der Waals surface area contributed by atoms with Crippen molar-refractivity contribution in [1.82, 2.24) is 4.48 Å². The molecule has 0 saturated carbocycles. The highest BCUT2D eigenvalue weighted by Gasteiger charge is 2.27. The molecule has 0 radical (unpaired) electrons. The third kappa shape index (κ3) is 2.70. The summed E-state index contributed by atoms with van der Waals surface area (Å²) >= 11 is 0. The Balaban J connectivity index is 1.78. The van der Waals surface area contributed by atoms with Crippen molar-refractivity contribution in [3.8, 4) is 5.75 Å². The zero-order valence-electron chi connectivity index (χ0n) is 12.3. The van der Waals surface area contributed by atoms with Gasteiger partial charge in [0.25, 0.3) is 0 Å². The van der Waals surface area contributed by atoms with E-state index in [1.807, 2.05) is 18.2 Å². The first-order valence-electron chi connectivity index (χ1n) is 7.28. The molecule has 0 aromatic heterocycles. The van der Waals surface area contributed by atoms with Crippen LogP contribution in [0.3, 0.4) is 0 Å². The van der Waals surface area contributed by atoms with Crippen LogP contribution in [0.4, 0.5) is 5.69 Å². The summed E-state index contributed by atoms with van der Waals surface area (Å²) in [6.07, 6.45) is 2.46. The highest BCUT2D eigenvalue weighted by atomic mass is 16.5. The molecule has 0 amide bonds. The first kappa shape index (κ1) is 13.2. The average Bonchev–Trinajstić information content (AvgIpc) is 2.46. The van der Waals surface area contributed by atoms with E-state index in [9.17, 15) is 0 Å². The van der Waals surface area contributed by atoms with Crippen LogP contribution in [-0.4, -0.2) is 20.6 Å². The van der Waals surface area contributed by atoms with E-state index in [4.69, 9.17) is 4.74 Å². The van der Waals surface area contributed by atoms with E-state index in [1.165, 1.54) is 36.2 Å². The molecule has 0 atom stereocenters. The number of aryl methyl sites for hydroxylation is 1. The maximum atomic E-state index is 5.94. The lowest BCUT2D eigenvalue weighted by molar-refractivity contribution is 0.303. The summed E-state index contributed by atoms with van der Waals surface area (Å²) in [7, 11) is 4.55. The summed E-state index contributed by atoms with van der Waals surface area (Å²) in [6, 6.07) is 16.9. The molecule has 0 N–H and O–H groups in total. The van der Waals surface area contributed by atoms with Crippen molar-refractivity contribution in [3.63, 3.8) is 0 Å². The van der Waals surface area contributed by atoms with E-state index in [0.29, 0.717) is 6.61 Å². The molecule has 0 bridgehead atoms. The van der Waals surface area contributed by atoms with Crippen LogP contribution in [0.2, 0.25) is 0 Å². The lowest BCUT2D eigenvalue weighted by Gasteiger charge is -2.35. The molecule has 0 spiro atoms. The molecular weight excluding hydrogens is 246 g/mol. The maximum absolute atomic E-state index is 5.94. The predicted molar refractivity (Wildman–Crippen MR) is 84.0 cm³/mol. The molecule has 104 valence electrons. The van der Waals surface area contributed by atoms with Gasteiger partial charge in [-0.15, -0.1) is 0 Å². The molecule has 20 heavy (non-hydrogen) atoms. The number of fused-ring (bicyclic) bond motifs is 1. The Morgan fingerprint density at radius 2 is 1.85 bits per heavy atom. The number of hydrogen-bond acceptors (Lipinski definition) is 1. The zero-order chi connectivity index (χ0) is 14.0. The molecular formula is C18H22NO+. The Labute approximate surface area is 121 Å². The average molecular weight is 268 g/mol. The molecule has 2 nitrogen and oxygen atoms in total. The second kappa shape index (κ2) is 5.29. The molecule has 1 heterocycles. The first-order chi connectivity index (χ1) is 9.65. The Bertz CT molecular complexity index is 590. The van der Waals surface area contributed by atoms with Crippen molar-refractivity contribution >= 4 is 5.69 Å².